The lowest BCUT2D eigenvalue weighted by atomic mass is 10.1. The molecular formula is C14H11N3O2. The number of aromatic nitrogens is 3. The normalized spacial score (nSPS) is 10.7. The summed E-state index contributed by atoms with van der Waals surface area (Å²) in [6.07, 6.45) is 1.53. The second kappa shape index (κ2) is 4.53. The van der Waals surface area contributed by atoms with Crippen molar-refractivity contribution < 1.29 is 9.90 Å². The minimum absolute atomic E-state index is 0.120. The van der Waals surface area contributed by atoms with E-state index in [-0.39, 0.29) is 6.42 Å². The molecule has 0 saturated carbocycles. The minimum atomic E-state index is -0.912. The number of benzene rings is 2. The van der Waals surface area contributed by atoms with Crippen LogP contribution >= 0.6 is 0 Å². The molecule has 3 rings (SSSR count). The van der Waals surface area contributed by atoms with Crippen LogP contribution in [0.5, 0.6) is 0 Å². The van der Waals surface area contributed by atoms with Gasteiger partial charge < -0.3 is 5.11 Å². The molecule has 5 heteroatoms. The molecule has 2 aromatic carbocycles. The highest BCUT2D eigenvalue weighted by Gasteiger charge is 2.08. The second-order valence-corrected chi connectivity index (χ2v) is 4.22. The molecule has 0 bridgehead atoms. The largest absolute Gasteiger partial charge is 0.481 e. The summed E-state index contributed by atoms with van der Waals surface area (Å²) in [7, 11) is 0. The molecule has 0 saturated heterocycles. The molecule has 0 spiro atoms. The third-order valence-corrected chi connectivity index (χ3v) is 2.89. The van der Waals surface area contributed by atoms with Gasteiger partial charge in [-0.1, -0.05) is 41.6 Å². The third kappa shape index (κ3) is 2.18. The fourth-order valence-electron chi connectivity index (χ4n) is 2.06. The van der Waals surface area contributed by atoms with Gasteiger partial charge in [-0.3, -0.25) is 4.79 Å². The van der Waals surface area contributed by atoms with Gasteiger partial charge in [0.25, 0.3) is 0 Å². The van der Waals surface area contributed by atoms with Crippen LogP contribution < -0.4 is 0 Å². The van der Waals surface area contributed by atoms with Crippen molar-refractivity contribution >= 4 is 16.7 Å². The van der Waals surface area contributed by atoms with Gasteiger partial charge >= 0.3 is 5.97 Å². The summed E-state index contributed by atoms with van der Waals surface area (Å²) in [5.74, 6) is -0.912. The molecule has 19 heavy (non-hydrogen) atoms. The highest BCUT2D eigenvalue weighted by Crippen LogP contribution is 2.21. The van der Waals surface area contributed by atoms with E-state index in [1.807, 2.05) is 42.5 Å². The van der Waals surface area contributed by atoms with Gasteiger partial charge in [-0.15, -0.1) is 5.10 Å². The Balaban J connectivity index is 2.09. The Morgan fingerprint density at radius 3 is 2.79 bits per heavy atom. The van der Waals surface area contributed by atoms with E-state index in [9.17, 15) is 4.79 Å². The Morgan fingerprint density at radius 2 is 1.95 bits per heavy atom. The van der Waals surface area contributed by atoms with E-state index >= 15 is 0 Å². The van der Waals surface area contributed by atoms with E-state index in [0.717, 1.165) is 16.5 Å². The molecule has 0 fully saturated rings. The quantitative estimate of drug-likeness (QED) is 0.775. The van der Waals surface area contributed by atoms with E-state index in [1.54, 1.807) is 10.9 Å². The molecular weight excluding hydrogens is 242 g/mol. The summed E-state index contributed by atoms with van der Waals surface area (Å²) in [4.78, 5) is 10.6. The molecule has 0 aliphatic carbocycles. The average Bonchev–Trinajstić information content (AvgIpc) is 2.85. The first-order valence-electron chi connectivity index (χ1n) is 5.85. The lowest BCUT2D eigenvalue weighted by Gasteiger charge is -2.04. The molecule has 1 N–H and O–H groups in total. The van der Waals surface area contributed by atoms with Gasteiger partial charge in [0.2, 0.25) is 0 Å². The second-order valence-electron chi connectivity index (χ2n) is 4.22. The van der Waals surface area contributed by atoms with Crippen LogP contribution in [0.2, 0.25) is 0 Å². The van der Waals surface area contributed by atoms with Crippen molar-refractivity contribution in [2.75, 3.05) is 0 Å². The van der Waals surface area contributed by atoms with Gasteiger partial charge in [0.15, 0.2) is 0 Å². The van der Waals surface area contributed by atoms with Crippen LogP contribution in [-0.2, 0) is 11.2 Å². The molecule has 0 radical (unpaired) electrons. The van der Waals surface area contributed by atoms with Gasteiger partial charge in [-0.25, -0.2) is 4.68 Å². The predicted octanol–water partition coefficient (Wildman–Crippen LogP) is 2.05. The molecule has 94 valence electrons. The summed E-state index contributed by atoms with van der Waals surface area (Å²) in [5, 5.41) is 18.8. The number of aliphatic carboxylic acids is 1. The zero-order valence-corrected chi connectivity index (χ0v) is 10.0. The molecule has 0 unspecified atom stereocenters. The van der Waals surface area contributed by atoms with Crippen molar-refractivity contribution in [2.24, 2.45) is 0 Å². The average molecular weight is 253 g/mol. The number of carboxylic acid groups (broad SMARTS) is 1. The van der Waals surface area contributed by atoms with Crippen molar-refractivity contribution in [1.82, 2.24) is 15.0 Å². The van der Waals surface area contributed by atoms with Gasteiger partial charge in [0.05, 0.1) is 24.0 Å². The maximum atomic E-state index is 10.6. The number of rotatable bonds is 3. The molecule has 1 aromatic heterocycles. The van der Waals surface area contributed by atoms with Crippen molar-refractivity contribution in [3.63, 3.8) is 0 Å². The van der Waals surface area contributed by atoms with Crippen LogP contribution in [0.4, 0.5) is 0 Å². The summed E-state index contributed by atoms with van der Waals surface area (Å²) in [6.45, 7) is 0. The molecule has 0 amide bonds. The lowest BCUT2D eigenvalue weighted by molar-refractivity contribution is -0.136. The monoisotopic (exact) mass is 253 g/mol. The molecule has 0 atom stereocenters. The Hall–Kier alpha value is -2.69. The van der Waals surface area contributed by atoms with Crippen LogP contribution in [-0.4, -0.2) is 26.1 Å². The van der Waals surface area contributed by atoms with Crippen LogP contribution in [0.1, 0.15) is 5.69 Å². The van der Waals surface area contributed by atoms with Crippen LogP contribution in [0, 0.1) is 0 Å². The standard InChI is InChI=1S/C14H11N3O2/c18-14(19)8-11-9-17(16-15-11)13-7-3-5-10-4-1-2-6-12(10)13/h1-7,9H,8H2,(H,18,19). The van der Waals surface area contributed by atoms with E-state index in [4.69, 9.17) is 5.11 Å². The number of fused-ring (bicyclic) bond motifs is 1. The molecule has 5 nitrogen and oxygen atoms in total. The van der Waals surface area contributed by atoms with Gasteiger partial charge in [-0.2, -0.15) is 0 Å². The van der Waals surface area contributed by atoms with E-state index in [1.165, 1.54) is 0 Å². The smallest absolute Gasteiger partial charge is 0.309 e. The third-order valence-electron chi connectivity index (χ3n) is 2.89. The minimum Gasteiger partial charge on any atom is -0.481 e. The number of carbonyl (C=O) groups is 1. The fourth-order valence-corrected chi connectivity index (χ4v) is 2.06. The summed E-state index contributed by atoms with van der Waals surface area (Å²) in [6, 6.07) is 13.9. The highest BCUT2D eigenvalue weighted by atomic mass is 16.4. The maximum absolute atomic E-state index is 10.6. The van der Waals surface area contributed by atoms with Crippen LogP contribution in [0.25, 0.3) is 16.5 Å². The maximum Gasteiger partial charge on any atom is 0.309 e. The Morgan fingerprint density at radius 1 is 1.16 bits per heavy atom. The fraction of sp³-hybridized carbons (Fsp3) is 0.0714. The van der Waals surface area contributed by atoms with Crippen LogP contribution in [0.3, 0.4) is 0 Å². The zero-order chi connectivity index (χ0) is 13.2. The summed E-state index contributed by atoms with van der Waals surface area (Å²) in [5.41, 5.74) is 1.34. The van der Waals surface area contributed by atoms with Crippen molar-refractivity contribution in [2.45, 2.75) is 6.42 Å². The Kier molecular flexibility index (Phi) is 2.72. The van der Waals surface area contributed by atoms with Gasteiger partial charge in [-0.05, 0) is 11.5 Å². The number of carboxylic acids is 1. The van der Waals surface area contributed by atoms with Crippen molar-refractivity contribution in [3.05, 3.63) is 54.4 Å². The number of nitrogens with zero attached hydrogens (tertiary/aromatic N) is 3. The van der Waals surface area contributed by atoms with E-state index in [2.05, 4.69) is 10.3 Å². The Labute approximate surface area is 109 Å². The zero-order valence-electron chi connectivity index (χ0n) is 10.0. The molecule has 0 aliphatic rings. The first kappa shape index (κ1) is 11.4. The first-order chi connectivity index (χ1) is 9.24. The molecule has 1 heterocycles. The topological polar surface area (TPSA) is 68.0 Å². The van der Waals surface area contributed by atoms with Gasteiger partial charge in [0.1, 0.15) is 0 Å². The molecule has 0 aliphatic heterocycles. The van der Waals surface area contributed by atoms with Crippen molar-refractivity contribution in [3.8, 4) is 5.69 Å². The number of hydrogen-bond donors (Lipinski definition) is 1. The Bertz CT molecular complexity index is 744. The summed E-state index contributed by atoms with van der Waals surface area (Å²) >= 11 is 0. The van der Waals surface area contributed by atoms with Crippen molar-refractivity contribution in [1.29, 1.82) is 0 Å². The van der Waals surface area contributed by atoms with Crippen LogP contribution in [0.15, 0.2) is 48.7 Å². The highest BCUT2D eigenvalue weighted by molar-refractivity contribution is 5.89. The van der Waals surface area contributed by atoms with E-state index in [0.29, 0.717) is 5.69 Å². The van der Waals surface area contributed by atoms with E-state index < -0.39 is 5.97 Å². The first-order valence-corrected chi connectivity index (χ1v) is 5.85. The SMILES string of the molecule is O=C(O)Cc1cn(-c2cccc3ccccc23)nn1. The number of hydrogen-bond acceptors (Lipinski definition) is 3. The predicted molar refractivity (Wildman–Crippen MR) is 70.2 cm³/mol. The van der Waals surface area contributed by atoms with Gasteiger partial charge in [0, 0.05) is 5.39 Å². The molecule has 3 aromatic rings. The summed E-state index contributed by atoms with van der Waals surface area (Å²) < 4.78 is 1.61. The lowest BCUT2D eigenvalue weighted by Crippen LogP contribution is -2.00.